The summed E-state index contributed by atoms with van der Waals surface area (Å²) < 4.78 is 0. The SMILES string of the molecule is CC(C)C(O)CNC(=O)c1ccc2c(c1)NC(=O)C2. The van der Waals surface area contributed by atoms with Crippen LogP contribution in [0.2, 0.25) is 0 Å². The minimum atomic E-state index is -0.557. The number of amides is 2. The van der Waals surface area contributed by atoms with Crippen LogP contribution in [-0.2, 0) is 11.2 Å². The van der Waals surface area contributed by atoms with E-state index in [1.807, 2.05) is 13.8 Å². The summed E-state index contributed by atoms with van der Waals surface area (Å²) in [6, 6.07) is 5.13. The summed E-state index contributed by atoms with van der Waals surface area (Å²) in [7, 11) is 0. The number of aliphatic hydroxyl groups is 1. The second-order valence-electron chi connectivity index (χ2n) is 5.12. The van der Waals surface area contributed by atoms with Gasteiger partial charge in [-0.2, -0.15) is 0 Å². The largest absolute Gasteiger partial charge is 0.391 e. The van der Waals surface area contributed by atoms with Crippen molar-refractivity contribution < 1.29 is 14.7 Å². The average molecular weight is 262 g/mol. The minimum absolute atomic E-state index is 0.0530. The first-order chi connectivity index (χ1) is 8.97. The standard InChI is InChI=1S/C14H18N2O3/c1-8(2)12(17)7-15-14(19)10-4-3-9-6-13(18)16-11(9)5-10/h3-5,8,12,17H,6-7H2,1-2H3,(H,15,19)(H,16,18). The number of fused-ring (bicyclic) bond motifs is 1. The second-order valence-corrected chi connectivity index (χ2v) is 5.12. The average Bonchev–Trinajstić information content (AvgIpc) is 2.74. The fraction of sp³-hybridized carbons (Fsp3) is 0.429. The van der Waals surface area contributed by atoms with E-state index >= 15 is 0 Å². The van der Waals surface area contributed by atoms with Crippen LogP contribution >= 0.6 is 0 Å². The Labute approximate surface area is 112 Å². The van der Waals surface area contributed by atoms with Crippen molar-refractivity contribution >= 4 is 17.5 Å². The lowest BCUT2D eigenvalue weighted by atomic mass is 10.1. The highest BCUT2D eigenvalue weighted by molar-refractivity contribution is 6.02. The third kappa shape index (κ3) is 3.12. The summed E-state index contributed by atoms with van der Waals surface area (Å²) >= 11 is 0. The van der Waals surface area contributed by atoms with Crippen LogP contribution in [0.25, 0.3) is 0 Å². The molecule has 0 radical (unpaired) electrons. The molecule has 0 spiro atoms. The number of hydrogen-bond donors (Lipinski definition) is 3. The number of benzene rings is 1. The third-order valence-electron chi connectivity index (χ3n) is 3.24. The summed E-state index contributed by atoms with van der Waals surface area (Å²) in [5.74, 6) is -0.203. The van der Waals surface area contributed by atoms with Gasteiger partial charge in [0.05, 0.1) is 12.5 Å². The Morgan fingerprint density at radius 2 is 2.21 bits per heavy atom. The highest BCUT2D eigenvalue weighted by Crippen LogP contribution is 2.23. The summed E-state index contributed by atoms with van der Waals surface area (Å²) in [5, 5.41) is 15.0. The van der Waals surface area contributed by atoms with Crippen molar-refractivity contribution in [3.05, 3.63) is 29.3 Å². The predicted octanol–water partition coefficient (Wildman–Crippen LogP) is 0.928. The summed E-state index contributed by atoms with van der Waals surface area (Å²) in [4.78, 5) is 23.1. The molecule has 1 heterocycles. The van der Waals surface area contributed by atoms with Gasteiger partial charge in [0, 0.05) is 17.8 Å². The van der Waals surface area contributed by atoms with Gasteiger partial charge < -0.3 is 15.7 Å². The molecule has 1 aromatic rings. The van der Waals surface area contributed by atoms with Gasteiger partial charge in [-0.05, 0) is 23.6 Å². The number of carbonyl (C=O) groups is 2. The topological polar surface area (TPSA) is 78.4 Å². The summed E-state index contributed by atoms with van der Waals surface area (Å²) in [5.41, 5.74) is 2.09. The highest BCUT2D eigenvalue weighted by atomic mass is 16.3. The molecule has 5 heteroatoms. The van der Waals surface area contributed by atoms with E-state index in [1.54, 1.807) is 18.2 Å². The van der Waals surface area contributed by atoms with Crippen molar-refractivity contribution in [3.63, 3.8) is 0 Å². The predicted molar refractivity (Wildman–Crippen MR) is 72.0 cm³/mol. The Hall–Kier alpha value is -1.88. The van der Waals surface area contributed by atoms with Crippen molar-refractivity contribution in [1.82, 2.24) is 5.32 Å². The molecule has 1 aliphatic heterocycles. The number of aliphatic hydroxyl groups excluding tert-OH is 1. The molecule has 1 aliphatic rings. The van der Waals surface area contributed by atoms with E-state index in [2.05, 4.69) is 10.6 Å². The normalized spacial score (nSPS) is 15.1. The van der Waals surface area contributed by atoms with Crippen molar-refractivity contribution in [1.29, 1.82) is 0 Å². The first-order valence-corrected chi connectivity index (χ1v) is 6.36. The number of carbonyl (C=O) groups excluding carboxylic acids is 2. The van der Waals surface area contributed by atoms with Gasteiger partial charge >= 0.3 is 0 Å². The van der Waals surface area contributed by atoms with Crippen molar-refractivity contribution in [2.75, 3.05) is 11.9 Å². The molecule has 3 N–H and O–H groups in total. The van der Waals surface area contributed by atoms with E-state index in [4.69, 9.17) is 0 Å². The van der Waals surface area contributed by atoms with Crippen LogP contribution in [0.15, 0.2) is 18.2 Å². The Morgan fingerprint density at radius 3 is 2.89 bits per heavy atom. The van der Waals surface area contributed by atoms with Crippen LogP contribution in [0.4, 0.5) is 5.69 Å². The molecule has 0 fully saturated rings. The number of hydrogen-bond acceptors (Lipinski definition) is 3. The van der Waals surface area contributed by atoms with E-state index in [9.17, 15) is 14.7 Å². The van der Waals surface area contributed by atoms with E-state index in [0.717, 1.165) is 5.56 Å². The maximum absolute atomic E-state index is 11.9. The third-order valence-corrected chi connectivity index (χ3v) is 3.24. The lowest BCUT2D eigenvalue weighted by Crippen LogP contribution is -2.34. The van der Waals surface area contributed by atoms with E-state index in [0.29, 0.717) is 17.7 Å². The Bertz CT molecular complexity index is 511. The summed E-state index contributed by atoms with van der Waals surface area (Å²) in [6.07, 6.45) is -0.193. The highest BCUT2D eigenvalue weighted by Gasteiger charge is 2.19. The molecule has 0 saturated heterocycles. The Kier molecular flexibility index (Phi) is 3.85. The van der Waals surface area contributed by atoms with E-state index in [-0.39, 0.29) is 24.3 Å². The van der Waals surface area contributed by atoms with Crippen LogP contribution in [0, 0.1) is 5.92 Å². The first kappa shape index (κ1) is 13.5. The van der Waals surface area contributed by atoms with Crippen LogP contribution in [-0.4, -0.2) is 29.6 Å². The quantitative estimate of drug-likeness (QED) is 0.755. The first-order valence-electron chi connectivity index (χ1n) is 6.36. The molecule has 0 bridgehead atoms. The zero-order chi connectivity index (χ0) is 14.0. The smallest absolute Gasteiger partial charge is 0.251 e. The lowest BCUT2D eigenvalue weighted by molar-refractivity contribution is -0.115. The molecule has 2 rings (SSSR count). The molecule has 102 valence electrons. The molecule has 1 unspecified atom stereocenters. The fourth-order valence-electron chi connectivity index (χ4n) is 1.89. The fourth-order valence-corrected chi connectivity index (χ4v) is 1.89. The van der Waals surface area contributed by atoms with Gasteiger partial charge in [0.2, 0.25) is 5.91 Å². The zero-order valence-electron chi connectivity index (χ0n) is 11.1. The molecule has 2 amide bonds. The van der Waals surface area contributed by atoms with Gasteiger partial charge in [-0.1, -0.05) is 19.9 Å². The van der Waals surface area contributed by atoms with E-state index < -0.39 is 6.10 Å². The molecule has 0 saturated carbocycles. The van der Waals surface area contributed by atoms with Gasteiger partial charge in [0.15, 0.2) is 0 Å². The molecule has 1 atom stereocenters. The Balaban J connectivity index is 2.01. The number of nitrogens with one attached hydrogen (secondary N) is 2. The maximum Gasteiger partial charge on any atom is 0.251 e. The number of rotatable bonds is 4. The molecule has 5 nitrogen and oxygen atoms in total. The van der Waals surface area contributed by atoms with Gasteiger partial charge in [-0.25, -0.2) is 0 Å². The Morgan fingerprint density at radius 1 is 1.47 bits per heavy atom. The molecular formula is C14H18N2O3. The van der Waals surface area contributed by atoms with Gasteiger partial charge in [-0.3, -0.25) is 9.59 Å². The molecule has 0 aromatic heterocycles. The summed E-state index contributed by atoms with van der Waals surface area (Å²) in [6.45, 7) is 4.00. The second kappa shape index (κ2) is 5.40. The van der Waals surface area contributed by atoms with Crippen LogP contribution < -0.4 is 10.6 Å². The van der Waals surface area contributed by atoms with E-state index in [1.165, 1.54) is 0 Å². The zero-order valence-corrected chi connectivity index (χ0v) is 11.1. The van der Waals surface area contributed by atoms with Crippen LogP contribution in [0.3, 0.4) is 0 Å². The van der Waals surface area contributed by atoms with Crippen molar-refractivity contribution in [3.8, 4) is 0 Å². The van der Waals surface area contributed by atoms with Crippen LogP contribution in [0.5, 0.6) is 0 Å². The lowest BCUT2D eigenvalue weighted by Gasteiger charge is -2.15. The molecular weight excluding hydrogens is 244 g/mol. The molecule has 19 heavy (non-hydrogen) atoms. The monoisotopic (exact) mass is 262 g/mol. The van der Waals surface area contributed by atoms with Crippen molar-refractivity contribution in [2.45, 2.75) is 26.4 Å². The van der Waals surface area contributed by atoms with Crippen LogP contribution in [0.1, 0.15) is 29.8 Å². The van der Waals surface area contributed by atoms with Crippen molar-refractivity contribution in [2.24, 2.45) is 5.92 Å². The molecule has 0 aliphatic carbocycles. The van der Waals surface area contributed by atoms with Gasteiger partial charge in [0.1, 0.15) is 0 Å². The molecule has 1 aromatic carbocycles. The minimum Gasteiger partial charge on any atom is -0.391 e. The maximum atomic E-state index is 11.9. The van der Waals surface area contributed by atoms with Gasteiger partial charge in [0.25, 0.3) is 5.91 Å². The van der Waals surface area contributed by atoms with Gasteiger partial charge in [-0.15, -0.1) is 0 Å². The number of anilines is 1.